The molecule has 0 aliphatic carbocycles. The zero-order valence-corrected chi connectivity index (χ0v) is 16.3. The molecule has 0 spiro atoms. The van der Waals surface area contributed by atoms with E-state index in [1.807, 2.05) is 63.8 Å². The van der Waals surface area contributed by atoms with Crippen LogP contribution in [0.2, 0.25) is 0 Å². The number of para-hydroxylation sites is 3. The first-order chi connectivity index (χ1) is 13.8. The van der Waals surface area contributed by atoms with E-state index in [1.54, 1.807) is 6.33 Å². The van der Waals surface area contributed by atoms with E-state index in [0.717, 1.165) is 48.6 Å². The van der Waals surface area contributed by atoms with Crippen LogP contribution < -0.4 is 0 Å². The number of aromatic nitrogens is 4. The maximum atomic E-state index is 6.01. The zero-order chi connectivity index (χ0) is 18.9. The Balaban J connectivity index is 1.33. The van der Waals surface area contributed by atoms with Crippen LogP contribution in [0.15, 0.2) is 65.3 Å². The topological polar surface area (TPSA) is 52.0 Å². The smallest absolute Gasteiger partial charge is 0.203 e. The lowest BCUT2D eigenvalue weighted by Crippen LogP contribution is -2.36. The number of likely N-dealkylation sites (tertiary alicyclic amines) is 1. The number of benzene rings is 2. The van der Waals surface area contributed by atoms with Crippen LogP contribution in [0.5, 0.6) is 0 Å². The SMILES string of the molecule is S=c1n(-c2ccccc2)cnn1CN1CCCC(c2nc3ccccc3o2)C1. The maximum absolute atomic E-state index is 6.01. The zero-order valence-electron chi connectivity index (χ0n) is 15.4. The van der Waals surface area contributed by atoms with Crippen LogP contribution in [-0.4, -0.2) is 37.3 Å². The summed E-state index contributed by atoms with van der Waals surface area (Å²) in [6.45, 7) is 2.60. The van der Waals surface area contributed by atoms with Crippen molar-refractivity contribution in [3.05, 3.63) is 71.6 Å². The summed E-state index contributed by atoms with van der Waals surface area (Å²) in [7, 11) is 0. The molecule has 0 N–H and O–H groups in total. The van der Waals surface area contributed by atoms with Crippen LogP contribution in [0.4, 0.5) is 0 Å². The average Bonchev–Trinajstić information content (AvgIpc) is 3.33. The van der Waals surface area contributed by atoms with E-state index in [-0.39, 0.29) is 0 Å². The molecule has 1 saturated heterocycles. The predicted octanol–water partition coefficient (Wildman–Crippen LogP) is 4.38. The van der Waals surface area contributed by atoms with Gasteiger partial charge in [-0.15, -0.1) is 0 Å². The van der Waals surface area contributed by atoms with Crippen LogP contribution >= 0.6 is 12.2 Å². The minimum atomic E-state index is 0.298. The van der Waals surface area contributed by atoms with Crippen LogP contribution in [-0.2, 0) is 6.67 Å². The van der Waals surface area contributed by atoms with Crippen LogP contribution in [0.1, 0.15) is 24.7 Å². The summed E-state index contributed by atoms with van der Waals surface area (Å²) in [5, 5.41) is 4.51. The van der Waals surface area contributed by atoms with E-state index in [1.165, 1.54) is 0 Å². The molecule has 1 fully saturated rings. The fourth-order valence-corrected chi connectivity index (χ4v) is 4.10. The van der Waals surface area contributed by atoms with Gasteiger partial charge in [-0.25, -0.2) is 9.67 Å². The minimum Gasteiger partial charge on any atom is -0.440 e. The van der Waals surface area contributed by atoms with Crippen molar-refractivity contribution in [2.75, 3.05) is 13.1 Å². The van der Waals surface area contributed by atoms with Gasteiger partial charge in [-0.3, -0.25) is 9.47 Å². The van der Waals surface area contributed by atoms with Crippen molar-refractivity contribution in [1.82, 2.24) is 24.2 Å². The lowest BCUT2D eigenvalue weighted by molar-refractivity contribution is 0.147. The summed E-state index contributed by atoms with van der Waals surface area (Å²) < 4.78 is 10.5. The van der Waals surface area contributed by atoms with E-state index in [2.05, 4.69) is 10.00 Å². The second-order valence-electron chi connectivity index (χ2n) is 7.20. The molecule has 28 heavy (non-hydrogen) atoms. The number of piperidine rings is 1. The fraction of sp³-hybridized carbons (Fsp3) is 0.286. The Morgan fingerprint density at radius 1 is 1.07 bits per heavy atom. The standard InChI is InChI=1S/C21H21N5OS/c28-21-25(17-8-2-1-3-9-17)14-22-26(21)15-24-12-6-7-16(13-24)20-23-18-10-4-5-11-19(18)27-20/h1-5,8-11,14,16H,6-7,12-13,15H2. The first-order valence-corrected chi connectivity index (χ1v) is 9.96. The molecular weight excluding hydrogens is 370 g/mol. The van der Waals surface area contributed by atoms with E-state index in [0.29, 0.717) is 17.4 Å². The van der Waals surface area contributed by atoms with Gasteiger partial charge in [0.15, 0.2) is 11.5 Å². The van der Waals surface area contributed by atoms with Gasteiger partial charge in [0.05, 0.1) is 6.67 Å². The Morgan fingerprint density at radius 2 is 1.89 bits per heavy atom. The van der Waals surface area contributed by atoms with Crippen LogP contribution in [0.3, 0.4) is 0 Å². The molecule has 7 heteroatoms. The highest BCUT2D eigenvalue weighted by atomic mass is 32.1. The largest absolute Gasteiger partial charge is 0.440 e. The van der Waals surface area contributed by atoms with Crippen molar-refractivity contribution in [3.8, 4) is 5.69 Å². The van der Waals surface area contributed by atoms with Gasteiger partial charge in [-0.1, -0.05) is 30.3 Å². The molecule has 142 valence electrons. The van der Waals surface area contributed by atoms with E-state index in [4.69, 9.17) is 21.6 Å². The fourth-order valence-electron chi connectivity index (χ4n) is 3.84. The molecule has 5 rings (SSSR count). The summed E-state index contributed by atoms with van der Waals surface area (Å²) in [6, 6.07) is 18.0. The van der Waals surface area contributed by atoms with E-state index >= 15 is 0 Å². The third kappa shape index (κ3) is 3.27. The number of oxazole rings is 1. The number of hydrogen-bond donors (Lipinski definition) is 0. The Hall–Kier alpha value is -2.77. The number of nitrogens with zero attached hydrogens (tertiary/aromatic N) is 5. The maximum Gasteiger partial charge on any atom is 0.203 e. The molecular formula is C21H21N5OS. The molecule has 0 bridgehead atoms. The van der Waals surface area contributed by atoms with Crippen molar-refractivity contribution >= 4 is 23.3 Å². The molecule has 1 atom stereocenters. The van der Waals surface area contributed by atoms with Gasteiger partial charge < -0.3 is 4.42 Å². The monoisotopic (exact) mass is 391 g/mol. The second-order valence-corrected chi connectivity index (χ2v) is 7.56. The molecule has 1 unspecified atom stereocenters. The van der Waals surface area contributed by atoms with Crippen molar-refractivity contribution in [2.45, 2.75) is 25.4 Å². The Labute approximate surface area is 168 Å². The average molecular weight is 392 g/mol. The van der Waals surface area contributed by atoms with Crippen molar-refractivity contribution in [3.63, 3.8) is 0 Å². The third-order valence-corrected chi connectivity index (χ3v) is 5.67. The van der Waals surface area contributed by atoms with Gasteiger partial charge in [0, 0.05) is 18.2 Å². The Bertz CT molecular complexity index is 1110. The third-order valence-electron chi connectivity index (χ3n) is 5.27. The summed E-state index contributed by atoms with van der Waals surface area (Å²) >= 11 is 5.65. The summed E-state index contributed by atoms with van der Waals surface area (Å²) in [6.07, 6.45) is 3.99. The molecule has 0 saturated carbocycles. The van der Waals surface area contributed by atoms with Gasteiger partial charge in [0.1, 0.15) is 11.8 Å². The molecule has 4 aromatic rings. The highest BCUT2D eigenvalue weighted by Gasteiger charge is 2.26. The van der Waals surface area contributed by atoms with Crippen LogP contribution in [0.25, 0.3) is 16.8 Å². The Morgan fingerprint density at radius 3 is 2.75 bits per heavy atom. The van der Waals surface area contributed by atoms with Crippen molar-refractivity contribution < 1.29 is 4.42 Å². The molecule has 0 amide bonds. The molecule has 2 aromatic heterocycles. The lowest BCUT2D eigenvalue weighted by Gasteiger charge is -2.30. The normalized spacial score (nSPS) is 17.9. The number of hydrogen-bond acceptors (Lipinski definition) is 5. The van der Waals surface area contributed by atoms with Crippen molar-refractivity contribution in [2.24, 2.45) is 0 Å². The van der Waals surface area contributed by atoms with Gasteiger partial charge in [0.25, 0.3) is 0 Å². The summed E-state index contributed by atoms with van der Waals surface area (Å²) in [5.74, 6) is 1.14. The van der Waals surface area contributed by atoms with Crippen molar-refractivity contribution in [1.29, 1.82) is 0 Å². The highest BCUT2D eigenvalue weighted by Crippen LogP contribution is 2.29. The molecule has 0 radical (unpaired) electrons. The second kappa shape index (κ2) is 7.33. The number of fused-ring (bicyclic) bond motifs is 1. The van der Waals surface area contributed by atoms with Crippen LogP contribution in [0, 0.1) is 4.77 Å². The molecule has 2 aromatic carbocycles. The quantitative estimate of drug-likeness (QED) is 0.483. The molecule has 1 aliphatic rings. The Kier molecular flexibility index (Phi) is 4.54. The van der Waals surface area contributed by atoms with Gasteiger partial charge in [-0.2, -0.15) is 5.10 Å². The summed E-state index contributed by atoms with van der Waals surface area (Å²) in [5.41, 5.74) is 2.82. The molecule has 6 nitrogen and oxygen atoms in total. The number of rotatable bonds is 4. The van der Waals surface area contributed by atoms with Gasteiger partial charge in [0.2, 0.25) is 4.77 Å². The lowest BCUT2D eigenvalue weighted by atomic mass is 9.98. The van der Waals surface area contributed by atoms with E-state index < -0.39 is 0 Å². The van der Waals surface area contributed by atoms with Gasteiger partial charge >= 0.3 is 0 Å². The molecule has 1 aliphatic heterocycles. The van der Waals surface area contributed by atoms with E-state index in [9.17, 15) is 0 Å². The first-order valence-electron chi connectivity index (χ1n) is 9.55. The highest BCUT2D eigenvalue weighted by molar-refractivity contribution is 7.71. The predicted molar refractivity (Wildman–Crippen MR) is 110 cm³/mol. The minimum absolute atomic E-state index is 0.298. The molecule has 3 heterocycles. The summed E-state index contributed by atoms with van der Waals surface area (Å²) in [4.78, 5) is 7.07. The first kappa shape index (κ1) is 17.3. The van der Waals surface area contributed by atoms with Gasteiger partial charge in [-0.05, 0) is 55.9 Å².